The van der Waals surface area contributed by atoms with Crippen LogP contribution in [-0.4, -0.2) is 6.04 Å². The van der Waals surface area contributed by atoms with Crippen LogP contribution < -0.4 is 5.73 Å². The van der Waals surface area contributed by atoms with E-state index in [9.17, 15) is 8.78 Å². The van der Waals surface area contributed by atoms with Gasteiger partial charge < -0.3 is 5.73 Å². The summed E-state index contributed by atoms with van der Waals surface area (Å²) < 4.78 is 26.6. The van der Waals surface area contributed by atoms with E-state index in [4.69, 9.17) is 5.73 Å². The number of rotatable bonds is 1. The van der Waals surface area contributed by atoms with Crippen LogP contribution in [0.2, 0.25) is 0 Å². The van der Waals surface area contributed by atoms with E-state index in [0.717, 1.165) is 24.8 Å². The molecular weight excluding hydrogens is 196 g/mol. The summed E-state index contributed by atoms with van der Waals surface area (Å²) in [7, 11) is 0. The number of benzene rings is 1. The zero-order valence-electron chi connectivity index (χ0n) is 8.34. The van der Waals surface area contributed by atoms with E-state index in [1.807, 2.05) is 0 Å². The molecule has 0 saturated heterocycles. The molecule has 2 N–H and O–H groups in total. The van der Waals surface area contributed by atoms with E-state index in [-0.39, 0.29) is 11.6 Å². The monoisotopic (exact) mass is 209 g/mol. The van der Waals surface area contributed by atoms with Gasteiger partial charge in [-0.3, -0.25) is 0 Å². The Hall–Kier alpha value is -1.22. The molecule has 1 aromatic carbocycles. The third-order valence-electron chi connectivity index (χ3n) is 2.71. The smallest absolute Gasteiger partial charge is 0.133 e. The summed E-state index contributed by atoms with van der Waals surface area (Å²) >= 11 is 0. The maximum absolute atomic E-state index is 13.3. The molecule has 0 heterocycles. The minimum absolute atomic E-state index is 0.0570. The fraction of sp³-hybridized carbons (Fsp3) is 0.333. The van der Waals surface area contributed by atoms with E-state index in [1.165, 1.54) is 18.2 Å². The van der Waals surface area contributed by atoms with Crippen LogP contribution >= 0.6 is 0 Å². The predicted molar refractivity (Wildman–Crippen MR) is 56.2 cm³/mol. The van der Waals surface area contributed by atoms with Crippen molar-refractivity contribution < 1.29 is 8.78 Å². The highest BCUT2D eigenvalue weighted by molar-refractivity contribution is 5.55. The average Bonchev–Trinajstić information content (AvgIpc) is 2.58. The number of hydrogen-bond donors (Lipinski definition) is 1. The normalized spacial score (nSPS) is 23.7. The summed E-state index contributed by atoms with van der Waals surface area (Å²) in [4.78, 5) is 0. The van der Waals surface area contributed by atoms with Crippen LogP contribution in [0.3, 0.4) is 0 Å². The van der Waals surface area contributed by atoms with Crippen molar-refractivity contribution in [3.8, 4) is 0 Å². The van der Waals surface area contributed by atoms with Gasteiger partial charge in [0.15, 0.2) is 0 Å². The highest BCUT2D eigenvalue weighted by Crippen LogP contribution is 2.27. The Kier molecular flexibility index (Phi) is 2.82. The van der Waals surface area contributed by atoms with Crippen LogP contribution in [0.15, 0.2) is 23.8 Å². The molecule has 3 heteroatoms. The SMILES string of the molecule is NC1CC/C(=C/c2c(F)cccc2F)C1. The molecule has 0 aromatic heterocycles. The van der Waals surface area contributed by atoms with Gasteiger partial charge in [-0.15, -0.1) is 0 Å². The summed E-state index contributed by atoms with van der Waals surface area (Å²) in [5.74, 6) is -1.02. The molecule has 1 aliphatic rings. The van der Waals surface area contributed by atoms with Gasteiger partial charge in [0.25, 0.3) is 0 Å². The molecule has 1 atom stereocenters. The lowest BCUT2D eigenvalue weighted by Crippen LogP contribution is -2.13. The molecule has 1 fully saturated rings. The number of hydrogen-bond acceptors (Lipinski definition) is 1. The molecule has 1 unspecified atom stereocenters. The van der Waals surface area contributed by atoms with Crippen LogP contribution in [0.4, 0.5) is 8.78 Å². The zero-order chi connectivity index (χ0) is 10.8. The van der Waals surface area contributed by atoms with Crippen molar-refractivity contribution in [3.63, 3.8) is 0 Å². The minimum Gasteiger partial charge on any atom is -0.327 e. The molecule has 0 radical (unpaired) electrons. The molecule has 15 heavy (non-hydrogen) atoms. The molecule has 2 rings (SSSR count). The number of halogens is 2. The Morgan fingerprint density at radius 1 is 1.27 bits per heavy atom. The summed E-state index contributed by atoms with van der Waals surface area (Å²) in [6.07, 6.45) is 4.09. The second-order valence-corrected chi connectivity index (χ2v) is 3.94. The molecule has 0 spiro atoms. The highest BCUT2D eigenvalue weighted by atomic mass is 19.1. The van der Waals surface area contributed by atoms with E-state index >= 15 is 0 Å². The van der Waals surface area contributed by atoms with Crippen molar-refractivity contribution in [1.29, 1.82) is 0 Å². The molecular formula is C12H13F2N. The van der Waals surface area contributed by atoms with Crippen molar-refractivity contribution in [2.75, 3.05) is 0 Å². The third kappa shape index (κ3) is 2.23. The van der Waals surface area contributed by atoms with Crippen molar-refractivity contribution in [2.24, 2.45) is 5.73 Å². The third-order valence-corrected chi connectivity index (χ3v) is 2.71. The fourth-order valence-electron chi connectivity index (χ4n) is 1.90. The van der Waals surface area contributed by atoms with Gasteiger partial charge in [0, 0.05) is 11.6 Å². The summed E-state index contributed by atoms with van der Waals surface area (Å²) in [5, 5.41) is 0. The first kappa shape index (κ1) is 10.3. The molecule has 1 nitrogen and oxygen atoms in total. The average molecular weight is 209 g/mol. The molecule has 0 amide bonds. The lowest BCUT2D eigenvalue weighted by atomic mass is 10.1. The Labute approximate surface area is 87.6 Å². The number of nitrogens with two attached hydrogens (primary N) is 1. The summed E-state index contributed by atoms with van der Waals surface area (Å²) in [6.45, 7) is 0. The second kappa shape index (κ2) is 4.11. The van der Waals surface area contributed by atoms with Gasteiger partial charge in [-0.1, -0.05) is 11.6 Å². The lowest BCUT2D eigenvalue weighted by Gasteiger charge is -2.01. The Balaban J connectivity index is 2.31. The van der Waals surface area contributed by atoms with Crippen LogP contribution in [0.25, 0.3) is 6.08 Å². The summed E-state index contributed by atoms with van der Waals surface area (Å²) in [6, 6.07) is 4.05. The zero-order valence-corrected chi connectivity index (χ0v) is 8.34. The molecule has 0 bridgehead atoms. The summed E-state index contributed by atoms with van der Waals surface area (Å²) in [5.41, 5.74) is 6.82. The van der Waals surface area contributed by atoms with Crippen molar-refractivity contribution in [2.45, 2.75) is 25.3 Å². The van der Waals surface area contributed by atoms with Crippen LogP contribution in [0.1, 0.15) is 24.8 Å². The Bertz CT molecular complexity index is 378. The molecule has 1 saturated carbocycles. The standard InChI is InChI=1S/C12H13F2N/c13-11-2-1-3-12(14)10(11)7-8-4-5-9(15)6-8/h1-3,7,9H,4-6,15H2/b8-7-. The lowest BCUT2D eigenvalue weighted by molar-refractivity contribution is 0.578. The van der Waals surface area contributed by atoms with E-state index in [0.29, 0.717) is 0 Å². The topological polar surface area (TPSA) is 26.0 Å². The Morgan fingerprint density at radius 2 is 1.93 bits per heavy atom. The minimum atomic E-state index is -0.511. The largest absolute Gasteiger partial charge is 0.327 e. The quantitative estimate of drug-likeness (QED) is 0.756. The van der Waals surface area contributed by atoms with Gasteiger partial charge in [0.05, 0.1) is 0 Å². The van der Waals surface area contributed by atoms with E-state index in [2.05, 4.69) is 0 Å². The molecule has 80 valence electrons. The van der Waals surface area contributed by atoms with Gasteiger partial charge in [-0.2, -0.15) is 0 Å². The van der Waals surface area contributed by atoms with Gasteiger partial charge in [0.1, 0.15) is 11.6 Å². The first-order chi connectivity index (χ1) is 7.16. The van der Waals surface area contributed by atoms with Crippen molar-refractivity contribution in [3.05, 3.63) is 41.0 Å². The molecule has 1 aromatic rings. The first-order valence-electron chi connectivity index (χ1n) is 5.06. The van der Waals surface area contributed by atoms with Gasteiger partial charge in [-0.05, 0) is 37.5 Å². The van der Waals surface area contributed by atoms with Crippen molar-refractivity contribution >= 4 is 6.08 Å². The van der Waals surface area contributed by atoms with Crippen LogP contribution in [0, 0.1) is 11.6 Å². The van der Waals surface area contributed by atoms with Crippen LogP contribution in [0.5, 0.6) is 0 Å². The van der Waals surface area contributed by atoms with Crippen LogP contribution in [-0.2, 0) is 0 Å². The molecule has 1 aliphatic carbocycles. The second-order valence-electron chi connectivity index (χ2n) is 3.94. The highest BCUT2D eigenvalue weighted by Gasteiger charge is 2.16. The fourth-order valence-corrected chi connectivity index (χ4v) is 1.90. The maximum atomic E-state index is 13.3. The van der Waals surface area contributed by atoms with Gasteiger partial charge in [-0.25, -0.2) is 8.78 Å². The van der Waals surface area contributed by atoms with Crippen molar-refractivity contribution in [1.82, 2.24) is 0 Å². The molecule has 0 aliphatic heterocycles. The van der Waals surface area contributed by atoms with E-state index < -0.39 is 11.6 Å². The Morgan fingerprint density at radius 3 is 2.47 bits per heavy atom. The van der Waals surface area contributed by atoms with Gasteiger partial charge in [0.2, 0.25) is 0 Å². The first-order valence-corrected chi connectivity index (χ1v) is 5.06. The maximum Gasteiger partial charge on any atom is 0.133 e. The van der Waals surface area contributed by atoms with Gasteiger partial charge >= 0.3 is 0 Å². The predicted octanol–water partition coefficient (Wildman–Crippen LogP) is 2.86. The van der Waals surface area contributed by atoms with E-state index in [1.54, 1.807) is 6.08 Å².